The summed E-state index contributed by atoms with van der Waals surface area (Å²) < 4.78 is 6.71. The number of pyridine rings is 1. The van der Waals surface area contributed by atoms with Crippen LogP contribution in [-0.2, 0) is 11.3 Å². The molecule has 0 aliphatic heterocycles. The first kappa shape index (κ1) is 16.3. The van der Waals surface area contributed by atoms with E-state index in [0.29, 0.717) is 18.4 Å². The summed E-state index contributed by atoms with van der Waals surface area (Å²) in [7, 11) is 0. The summed E-state index contributed by atoms with van der Waals surface area (Å²) in [5.74, 6) is -0.337. The van der Waals surface area contributed by atoms with Crippen LogP contribution in [0.25, 0.3) is 0 Å². The number of hydrogen-bond acceptors (Lipinski definition) is 5. The van der Waals surface area contributed by atoms with Gasteiger partial charge < -0.3 is 15.2 Å². The molecule has 2 N–H and O–H groups in total. The molecule has 1 saturated carbocycles. The Morgan fingerprint density at radius 1 is 1.46 bits per heavy atom. The minimum atomic E-state index is -1.02. The second-order valence-electron chi connectivity index (χ2n) is 5.51. The van der Waals surface area contributed by atoms with E-state index in [2.05, 4.69) is 15.4 Å². The van der Waals surface area contributed by atoms with Crippen molar-refractivity contribution in [1.82, 2.24) is 14.8 Å². The minimum Gasteiger partial charge on any atom is -0.480 e. The number of hydrogen-bond donors (Lipinski definition) is 2. The number of amides is 1. The molecule has 0 aromatic carbocycles. The first-order valence-corrected chi connectivity index (χ1v) is 7.74. The van der Waals surface area contributed by atoms with E-state index < -0.39 is 11.9 Å². The van der Waals surface area contributed by atoms with E-state index in [9.17, 15) is 9.59 Å². The molecule has 8 nitrogen and oxygen atoms in total. The van der Waals surface area contributed by atoms with Gasteiger partial charge in [-0.1, -0.05) is 11.6 Å². The number of aromatic nitrogens is 3. The number of carboxylic acid groups (broad SMARTS) is 1. The van der Waals surface area contributed by atoms with Crippen LogP contribution in [-0.4, -0.2) is 38.4 Å². The molecule has 1 amide bonds. The number of ether oxygens (including phenoxy) is 1. The van der Waals surface area contributed by atoms with Crippen LogP contribution in [0.5, 0.6) is 5.88 Å². The first-order chi connectivity index (χ1) is 11.5. The average Bonchev–Trinajstić information content (AvgIpc) is 3.26. The maximum absolute atomic E-state index is 12.2. The molecule has 126 valence electrons. The molecule has 24 heavy (non-hydrogen) atoms. The Hall–Kier alpha value is -2.61. The molecule has 0 atom stereocenters. The number of carboxylic acids is 1. The maximum atomic E-state index is 12.2. The molecular formula is C15H15ClN4O4. The molecule has 0 spiro atoms. The normalized spacial score (nSPS) is 13.5. The van der Waals surface area contributed by atoms with E-state index in [1.165, 1.54) is 29.2 Å². The number of nitrogens with one attached hydrogen (secondary N) is 1. The van der Waals surface area contributed by atoms with E-state index >= 15 is 0 Å². The monoisotopic (exact) mass is 350 g/mol. The quantitative estimate of drug-likeness (QED) is 0.791. The van der Waals surface area contributed by atoms with Gasteiger partial charge in [0.1, 0.15) is 11.6 Å². The number of carbonyl (C=O) groups excluding carboxylic acids is 1. The van der Waals surface area contributed by atoms with Gasteiger partial charge in [0, 0.05) is 18.5 Å². The zero-order valence-electron chi connectivity index (χ0n) is 12.6. The van der Waals surface area contributed by atoms with E-state index in [1.54, 1.807) is 0 Å². The second-order valence-corrected chi connectivity index (χ2v) is 5.92. The molecule has 1 fully saturated rings. The van der Waals surface area contributed by atoms with Crippen LogP contribution in [0.1, 0.15) is 23.2 Å². The highest BCUT2D eigenvalue weighted by Gasteiger charge is 2.23. The predicted molar refractivity (Wildman–Crippen MR) is 85.3 cm³/mol. The third-order valence-corrected chi connectivity index (χ3v) is 3.67. The van der Waals surface area contributed by atoms with Crippen LogP contribution in [0.15, 0.2) is 24.5 Å². The lowest BCUT2D eigenvalue weighted by Gasteiger charge is -2.07. The van der Waals surface area contributed by atoms with Gasteiger partial charge in [0.2, 0.25) is 5.88 Å². The lowest BCUT2D eigenvalue weighted by Crippen LogP contribution is -2.14. The van der Waals surface area contributed by atoms with Crippen molar-refractivity contribution >= 4 is 29.3 Å². The zero-order chi connectivity index (χ0) is 17.1. The van der Waals surface area contributed by atoms with Crippen molar-refractivity contribution in [3.05, 3.63) is 35.1 Å². The molecule has 2 heterocycles. The number of carbonyl (C=O) groups is 2. The van der Waals surface area contributed by atoms with Crippen LogP contribution in [0.2, 0.25) is 5.02 Å². The summed E-state index contributed by atoms with van der Waals surface area (Å²) in [4.78, 5) is 26.8. The number of rotatable bonds is 7. The Bertz CT molecular complexity index is 773. The van der Waals surface area contributed by atoms with E-state index in [4.69, 9.17) is 21.4 Å². The maximum Gasteiger partial charge on any atom is 0.325 e. The van der Waals surface area contributed by atoms with Crippen molar-refractivity contribution in [2.24, 2.45) is 5.92 Å². The Balaban J connectivity index is 1.62. The van der Waals surface area contributed by atoms with Gasteiger partial charge in [0.25, 0.3) is 5.91 Å². The third-order valence-electron chi connectivity index (χ3n) is 3.40. The molecule has 0 bridgehead atoms. The van der Waals surface area contributed by atoms with Crippen LogP contribution >= 0.6 is 11.6 Å². The molecule has 0 unspecified atom stereocenters. The largest absolute Gasteiger partial charge is 0.480 e. The molecule has 9 heteroatoms. The Kier molecular flexibility index (Phi) is 4.66. The van der Waals surface area contributed by atoms with Gasteiger partial charge in [-0.3, -0.25) is 14.3 Å². The van der Waals surface area contributed by atoms with Gasteiger partial charge in [-0.05, 0) is 24.8 Å². The summed E-state index contributed by atoms with van der Waals surface area (Å²) >= 11 is 6.09. The zero-order valence-corrected chi connectivity index (χ0v) is 13.4. The van der Waals surface area contributed by atoms with Gasteiger partial charge in [-0.25, -0.2) is 4.98 Å². The number of nitrogens with zero attached hydrogens (tertiary/aromatic N) is 3. The summed E-state index contributed by atoms with van der Waals surface area (Å²) in [6, 6.07) is 2.98. The highest BCUT2D eigenvalue weighted by Crippen LogP contribution is 2.31. The fourth-order valence-electron chi connectivity index (χ4n) is 1.98. The van der Waals surface area contributed by atoms with Crippen LogP contribution in [0.4, 0.5) is 5.82 Å². The van der Waals surface area contributed by atoms with Crippen molar-refractivity contribution in [3.63, 3.8) is 0 Å². The summed E-state index contributed by atoms with van der Waals surface area (Å²) in [6.45, 7) is 0.301. The molecule has 2 aromatic heterocycles. The Morgan fingerprint density at radius 2 is 2.25 bits per heavy atom. The van der Waals surface area contributed by atoms with Crippen molar-refractivity contribution in [2.75, 3.05) is 11.9 Å². The summed E-state index contributed by atoms with van der Waals surface area (Å²) in [5.41, 5.74) is 0.256. The molecular weight excluding hydrogens is 336 g/mol. The second kappa shape index (κ2) is 6.88. The van der Waals surface area contributed by atoms with Gasteiger partial charge >= 0.3 is 5.97 Å². The van der Waals surface area contributed by atoms with Crippen molar-refractivity contribution in [1.29, 1.82) is 0 Å². The minimum absolute atomic E-state index is 0.242. The average molecular weight is 351 g/mol. The highest BCUT2D eigenvalue weighted by molar-refractivity contribution is 6.32. The fraction of sp³-hybridized carbons (Fsp3) is 0.333. The third kappa shape index (κ3) is 4.23. The molecule has 3 rings (SSSR count). The number of anilines is 1. The molecule has 1 aliphatic rings. The molecule has 0 radical (unpaired) electrons. The van der Waals surface area contributed by atoms with E-state index in [-0.39, 0.29) is 22.9 Å². The SMILES string of the molecule is O=C(O)Cn1ccc(NC(=O)c2cnc(OCC3CC3)c(Cl)c2)n1. The fourth-order valence-corrected chi connectivity index (χ4v) is 2.20. The molecule has 0 saturated heterocycles. The van der Waals surface area contributed by atoms with Crippen LogP contribution < -0.4 is 10.1 Å². The van der Waals surface area contributed by atoms with Gasteiger partial charge in [0.15, 0.2) is 5.82 Å². The number of aliphatic carboxylic acids is 1. The summed E-state index contributed by atoms with van der Waals surface area (Å²) in [6.07, 6.45) is 5.15. The van der Waals surface area contributed by atoms with E-state index in [1.807, 2.05) is 0 Å². The molecule has 1 aliphatic carbocycles. The molecule has 2 aromatic rings. The Labute approximate surface area is 142 Å². The van der Waals surface area contributed by atoms with Gasteiger partial charge in [-0.2, -0.15) is 5.10 Å². The topological polar surface area (TPSA) is 106 Å². The van der Waals surface area contributed by atoms with Crippen molar-refractivity contribution < 1.29 is 19.4 Å². The van der Waals surface area contributed by atoms with E-state index in [0.717, 1.165) is 12.8 Å². The smallest absolute Gasteiger partial charge is 0.325 e. The number of halogens is 1. The van der Waals surface area contributed by atoms with Crippen molar-refractivity contribution in [2.45, 2.75) is 19.4 Å². The van der Waals surface area contributed by atoms with Crippen LogP contribution in [0, 0.1) is 5.92 Å². The van der Waals surface area contributed by atoms with Gasteiger partial charge in [-0.15, -0.1) is 0 Å². The summed E-state index contributed by atoms with van der Waals surface area (Å²) in [5, 5.41) is 15.4. The van der Waals surface area contributed by atoms with Crippen molar-refractivity contribution in [3.8, 4) is 5.88 Å². The first-order valence-electron chi connectivity index (χ1n) is 7.36. The predicted octanol–water partition coefficient (Wildman–Crippen LogP) is 2.06. The van der Waals surface area contributed by atoms with Crippen LogP contribution in [0.3, 0.4) is 0 Å². The Morgan fingerprint density at radius 3 is 2.92 bits per heavy atom. The highest BCUT2D eigenvalue weighted by atomic mass is 35.5. The lowest BCUT2D eigenvalue weighted by molar-refractivity contribution is -0.137. The standard InChI is InChI=1S/C15H15ClN4O4/c16-11-5-10(6-17-15(11)24-8-9-1-2-9)14(23)18-12-3-4-20(19-12)7-13(21)22/h3-6,9H,1-2,7-8H2,(H,21,22)(H,18,19,23). The van der Waals surface area contributed by atoms with Gasteiger partial charge in [0.05, 0.1) is 12.2 Å². The lowest BCUT2D eigenvalue weighted by atomic mass is 10.2.